The first-order valence-corrected chi connectivity index (χ1v) is 11.4. The molecular formula is C30H27N3O. The van der Waals surface area contributed by atoms with Crippen LogP contribution in [0.15, 0.2) is 114 Å². The van der Waals surface area contributed by atoms with Gasteiger partial charge in [-0.15, -0.1) is 0 Å². The van der Waals surface area contributed by atoms with Gasteiger partial charge in [-0.1, -0.05) is 86.6 Å². The fourth-order valence-electron chi connectivity index (χ4n) is 3.93. The second-order valence-corrected chi connectivity index (χ2v) is 9.30. The highest BCUT2D eigenvalue weighted by Crippen LogP contribution is 2.36. The van der Waals surface area contributed by atoms with Gasteiger partial charge in [0.15, 0.2) is 0 Å². The highest BCUT2D eigenvalue weighted by atomic mass is 16.5. The Kier molecular flexibility index (Phi) is 5.72. The predicted octanol–water partition coefficient (Wildman–Crippen LogP) is 8.17. The van der Waals surface area contributed by atoms with Crippen LogP contribution in [0.25, 0.3) is 22.8 Å². The minimum absolute atomic E-state index is 0.112. The van der Waals surface area contributed by atoms with Gasteiger partial charge in [0.1, 0.15) is 0 Å². The summed E-state index contributed by atoms with van der Waals surface area (Å²) in [5.74, 6) is 1.09. The summed E-state index contributed by atoms with van der Waals surface area (Å²) in [6.45, 7) is 6.70. The second-order valence-electron chi connectivity index (χ2n) is 9.30. The SMILES string of the molecule is CC(C)(C)c1ccc(N(c2ccccc2)c2ccc(-c3nc(-c4ccccc4)no3)cc2)cc1. The quantitative estimate of drug-likeness (QED) is 0.274. The number of anilines is 3. The summed E-state index contributed by atoms with van der Waals surface area (Å²) in [5.41, 5.74) is 6.50. The van der Waals surface area contributed by atoms with Gasteiger partial charge < -0.3 is 9.42 Å². The third-order valence-electron chi connectivity index (χ3n) is 5.84. The Morgan fingerprint density at radius 1 is 0.588 bits per heavy atom. The second kappa shape index (κ2) is 8.99. The summed E-state index contributed by atoms with van der Waals surface area (Å²) in [4.78, 5) is 6.83. The molecule has 1 aromatic heterocycles. The van der Waals surface area contributed by atoms with E-state index in [2.05, 4.69) is 96.5 Å². The first-order valence-electron chi connectivity index (χ1n) is 11.4. The van der Waals surface area contributed by atoms with E-state index in [0.29, 0.717) is 11.7 Å². The van der Waals surface area contributed by atoms with Crippen LogP contribution in [0.4, 0.5) is 17.1 Å². The molecule has 0 aliphatic carbocycles. The highest BCUT2D eigenvalue weighted by molar-refractivity contribution is 5.77. The Labute approximate surface area is 200 Å². The third-order valence-corrected chi connectivity index (χ3v) is 5.84. The normalized spacial score (nSPS) is 11.4. The van der Waals surface area contributed by atoms with E-state index in [1.807, 2.05) is 48.5 Å². The van der Waals surface area contributed by atoms with Crippen molar-refractivity contribution >= 4 is 17.1 Å². The lowest BCUT2D eigenvalue weighted by Gasteiger charge is -2.27. The van der Waals surface area contributed by atoms with Gasteiger partial charge in [0.25, 0.3) is 5.89 Å². The Morgan fingerprint density at radius 3 is 1.71 bits per heavy atom. The Hall–Kier alpha value is -4.18. The molecule has 0 saturated carbocycles. The van der Waals surface area contributed by atoms with Crippen molar-refractivity contribution in [3.63, 3.8) is 0 Å². The molecule has 0 spiro atoms. The monoisotopic (exact) mass is 445 g/mol. The van der Waals surface area contributed by atoms with E-state index >= 15 is 0 Å². The molecule has 0 fully saturated rings. The smallest absolute Gasteiger partial charge is 0.258 e. The molecule has 0 radical (unpaired) electrons. The van der Waals surface area contributed by atoms with Crippen LogP contribution in [0.1, 0.15) is 26.3 Å². The van der Waals surface area contributed by atoms with Gasteiger partial charge in [-0.25, -0.2) is 0 Å². The number of aromatic nitrogens is 2. The van der Waals surface area contributed by atoms with Crippen molar-refractivity contribution in [2.75, 3.05) is 4.90 Å². The minimum Gasteiger partial charge on any atom is -0.334 e. The van der Waals surface area contributed by atoms with Gasteiger partial charge in [-0.3, -0.25) is 0 Å². The van der Waals surface area contributed by atoms with Gasteiger partial charge in [-0.2, -0.15) is 4.98 Å². The standard InChI is InChI=1S/C30H27N3O/c1-30(2,3)24-16-20-27(21-17-24)33(25-12-8-5-9-13-25)26-18-14-23(15-19-26)29-31-28(32-34-29)22-10-6-4-7-11-22/h4-21H,1-3H3. The number of rotatable bonds is 5. The summed E-state index contributed by atoms with van der Waals surface area (Å²) in [6.07, 6.45) is 0. The summed E-state index contributed by atoms with van der Waals surface area (Å²) in [6, 6.07) is 37.3. The summed E-state index contributed by atoms with van der Waals surface area (Å²) >= 11 is 0. The number of nitrogens with zero attached hydrogens (tertiary/aromatic N) is 3. The number of para-hydroxylation sites is 1. The molecule has 1 heterocycles. The molecule has 168 valence electrons. The summed E-state index contributed by atoms with van der Waals surface area (Å²) in [5, 5.41) is 4.15. The molecule has 0 aliphatic rings. The van der Waals surface area contributed by atoms with Gasteiger partial charge in [0, 0.05) is 28.2 Å². The van der Waals surface area contributed by atoms with E-state index < -0.39 is 0 Å². The van der Waals surface area contributed by atoms with Crippen LogP contribution in [0, 0.1) is 0 Å². The van der Waals surface area contributed by atoms with E-state index in [1.54, 1.807) is 0 Å². The van der Waals surface area contributed by atoms with Gasteiger partial charge >= 0.3 is 0 Å². The van der Waals surface area contributed by atoms with E-state index in [-0.39, 0.29) is 5.41 Å². The molecule has 0 N–H and O–H groups in total. The summed E-state index contributed by atoms with van der Waals surface area (Å²) < 4.78 is 5.55. The minimum atomic E-state index is 0.112. The first-order chi connectivity index (χ1) is 16.5. The Bertz CT molecular complexity index is 1350. The molecule has 0 bridgehead atoms. The van der Waals surface area contributed by atoms with E-state index in [0.717, 1.165) is 28.2 Å². The summed E-state index contributed by atoms with van der Waals surface area (Å²) in [7, 11) is 0. The zero-order valence-corrected chi connectivity index (χ0v) is 19.6. The Balaban J connectivity index is 1.48. The molecular weight excluding hydrogens is 418 g/mol. The lowest BCUT2D eigenvalue weighted by molar-refractivity contribution is 0.432. The zero-order chi connectivity index (χ0) is 23.5. The molecule has 0 aliphatic heterocycles. The Morgan fingerprint density at radius 2 is 1.12 bits per heavy atom. The lowest BCUT2D eigenvalue weighted by Crippen LogP contribution is -2.13. The van der Waals surface area contributed by atoms with Crippen molar-refractivity contribution in [1.82, 2.24) is 10.1 Å². The topological polar surface area (TPSA) is 42.2 Å². The number of benzene rings is 4. The van der Waals surface area contributed by atoms with Gasteiger partial charge in [0.2, 0.25) is 5.82 Å². The van der Waals surface area contributed by atoms with Crippen molar-refractivity contribution in [1.29, 1.82) is 0 Å². The van der Waals surface area contributed by atoms with Crippen LogP contribution < -0.4 is 4.90 Å². The van der Waals surface area contributed by atoms with Crippen molar-refractivity contribution in [2.24, 2.45) is 0 Å². The molecule has 5 rings (SSSR count). The van der Waals surface area contributed by atoms with Gasteiger partial charge in [0.05, 0.1) is 0 Å². The maximum Gasteiger partial charge on any atom is 0.258 e. The molecule has 34 heavy (non-hydrogen) atoms. The molecule has 0 amide bonds. The van der Waals surface area contributed by atoms with E-state index in [1.165, 1.54) is 5.56 Å². The van der Waals surface area contributed by atoms with Crippen molar-refractivity contribution in [2.45, 2.75) is 26.2 Å². The largest absolute Gasteiger partial charge is 0.334 e. The van der Waals surface area contributed by atoms with Crippen LogP contribution in [0.5, 0.6) is 0 Å². The molecule has 4 aromatic carbocycles. The number of hydrogen-bond acceptors (Lipinski definition) is 4. The van der Waals surface area contributed by atoms with Crippen LogP contribution in [-0.4, -0.2) is 10.1 Å². The molecule has 0 saturated heterocycles. The van der Waals surface area contributed by atoms with E-state index in [9.17, 15) is 0 Å². The van der Waals surface area contributed by atoms with Crippen molar-refractivity contribution < 1.29 is 4.52 Å². The fourth-order valence-corrected chi connectivity index (χ4v) is 3.93. The average molecular weight is 446 g/mol. The van der Waals surface area contributed by atoms with Crippen LogP contribution in [0.3, 0.4) is 0 Å². The molecule has 4 heteroatoms. The average Bonchev–Trinajstić information content (AvgIpc) is 3.36. The number of hydrogen-bond donors (Lipinski definition) is 0. The van der Waals surface area contributed by atoms with Crippen LogP contribution >= 0.6 is 0 Å². The fraction of sp³-hybridized carbons (Fsp3) is 0.133. The van der Waals surface area contributed by atoms with Crippen molar-refractivity contribution in [3.8, 4) is 22.8 Å². The maximum absolute atomic E-state index is 5.55. The highest BCUT2D eigenvalue weighted by Gasteiger charge is 2.17. The van der Waals surface area contributed by atoms with Gasteiger partial charge in [-0.05, 0) is 59.5 Å². The zero-order valence-electron chi connectivity index (χ0n) is 19.6. The van der Waals surface area contributed by atoms with Crippen LogP contribution in [-0.2, 0) is 5.41 Å². The molecule has 4 nitrogen and oxygen atoms in total. The van der Waals surface area contributed by atoms with Crippen molar-refractivity contribution in [3.05, 3.63) is 115 Å². The lowest BCUT2D eigenvalue weighted by atomic mass is 9.87. The molecule has 5 aromatic rings. The third kappa shape index (κ3) is 4.48. The molecule has 0 atom stereocenters. The maximum atomic E-state index is 5.55. The first kappa shape index (κ1) is 21.7. The van der Waals surface area contributed by atoms with E-state index in [4.69, 9.17) is 4.52 Å². The predicted molar refractivity (Wildman–Crippen MR) is 139 cm³/mol. The van der Waals surface area contributed by atoms with Crippen LogP contribution in [0.2, 0.25) is 0 Å². The molecule has 0 unspecified atom stereocenters.